The Morgan fingerprint density at radius 3 is 2.45 bits per heavy atom. The second-order valence-electron chi connectivity index (χ2n) is 9.60. The van der Waals surface area contributed by atoms with Crippen LogP contribution in [0.3, 0.4) is 0 Å². The van der Waals surface area contributed by atoms with Crippen molar-refractivity contribution in [1.82, 2.24) is 9.66 Å². The van der Waals surface area contributed by atoms with Gasteiger partial charge in [0.1, 0.15) is 5.75 Å². The summed E-state index contributed by atoms with van der Waals surface area (Å²) in [5.74, 6) is 1.51. The van der Waals surface area contributed by atoms with Gasteiger partial charge in [-0.3, -0.25) is 4.79 Å². The van der Waals surface area contributed by atoms with E-state index in [2.05, 4.69) is 50.8 Å². The number of nitrogens with zero attached hydrogens (tertiary/aromatic N) is 3. The molecule has 1 aromatic heterocycles. The molecule has 3 aromatic carbocycles. The van der Waals surface area contributed by atoms with Gasteiger partial charge in [-0.25, -0.2) is 9.78 Å². The molecule has 1 heterocycles. The Kier molecular flexibility index (Phi) is 10.1. The third-order valence-corrected chi connectivity index (χ3v) is 8.66. The lowest BCUT2D eigenvalue weighted by Crippen LogP contribution is -2.21. The minimum absolute atomic E-state index is 0.175. The minimum Gasteiger partial charge on any atom is -0.496 e. The molecule has 0 spiro atoms. The van der Waals surface area contributed by atoms with Crippen molar-refractivity contribution in [2.75, 3.05) is 27.4 Å². The summed E-state index contributed by atoms with van der Waals surface area (Å²) in [5, 5.41) is 5.07. The number of esters is 1. The molecule has 0 unspecified atom stereocenters. The molecule has 0 bridgehead atoms. The number of aryl methyl sites for hydroxylation is 1. The monoisotopic (exact) mass is 699 g/mol. The number of para-hydroxylation sites is 1. The van der Waals surface area contributed by atoms with Gasteiger partial charge >= 0.3 is 5.97 Å². The molecular formula is C31H31Br2N3O6. The van der Waals surface area contributed by atoms with Gasteiger partial charge in [-0.2, -0.15) is 9.78 Å². The van der Waals surface area contributed by atoms with Crippen LogP contribution in [0.5, 0.6) is 17.2 Å². The van der Waals surface area contributed by atoms with Gasteiger partial charge in [-0.15, -0.1) is 0 Å². The van der Waals surface area contributed by atoms with Crippen LogP contribution in [0.25, 0.3) is 22.3 Å². The third kappa shape index (κ3) is 6.37. The SMILES string of the molecule is CCOC(=O)COc1c(OC)cc(C=Nn2c(-c3cc(C(C)C)c(OC)cc3C)nc3ccccc3c2=O)c(Br)c1Br. The van der Waals surface area contributed by atoms with Crippen molar-refractivity contribution in [3.05, 3.63) is 78.5 Å². The number of methoxy groups -OCH3 is 2. The van der Waals surface area contributed by atoms with E-state index in [0.717, 1.165) is 22.4 Å². The first-order valence-corrected chi connectivity index (χ1v) is 14.8. The first-order valence-electron chi connectivity index (χ1n) is 13.2. The van der Waals surface area contributed by atoms with Crippen molar-refractivity contribution in [3.63, 3.8) is 0 Å². The minimum atomic E-state index is -0.502. The van der Waals surface area contributed by atoms with Crippen LogP contribution in [0.4, 0.5) is 0 Å². The summed E-state index contributed by atoms with van der Waals surface area (Å²) in [4.78, 5) is 30.5. The van der Waals surface area contributed by atoms with Crippen LogP contribution in [-0.2, 0) is 9.53 Å². The Labute approximate surface area is 260 Å². The van der Waals surface area contributed by atoms with E-state index < -0.39 is 5.97 Å². The Morgan fingerprint density at radius 1 is 1.07 bits per heavy atom. The fraction of sp³-hybridized carbons (Fsp3) is 0.290. The lowest BCUT2D eigenvalue weighted by atomic mass is 9.96. The molecule has 9 nitrogen and oxygen atoms in total. The number of aromatic nitrogens is 2. The molecule has 11 heteroatoms. The summed E-state index contributed by atoms with van der Waals surface area (Å²) in [6.07, 6.45) is 1.54. The maximum atomic E-state index is 13.8. The highest BCUT2D eigenvalue weighted by molar-refractivity contribution is 9.13. The molecule has 0 aliphatic carbocycles. The number of carbonyl (C=O) groups excluding carboxylic acids is 1. The molecule has 4 rings (SSSR count). The molecule has 0 N–H and O–H groups in total. The van der Waals surface area contributed by atoms with Crippen LogP contribution in [0.15, 0.2) is 61.3 Å². The molecule has 0 aliphatic rings. The smallest absolute Gasteiger partial charge is 0.344 e. The number of fused-ring (bicyclic) bond motifs is 1. The summed E-state index contributed by atoms with van der Waals surface area (Å²) < 4.78 is 24.2. The second-order valence-corrected chi connectivity index (χ2v) is 11.2. The topological polar surface area (TPSA) is 101 Å². The molecule has 0 saturated heterocycles. The summed E-state index contributed by atoms with van der Waals surface area (Å²) in [6, 6.07) is 12.8. The van der Waals surface area contributed by atoms with Crippen molar-refractivity contribution >= 4 is 54.9 Å². The number of rotatable bonds is 10. The van der Waals surface area contributed by atoms with E-state index in [1.165, 1.54) is 18.0 Å². The Balaban J connectivity index is 1.88. The van der Waals surface area contributed by atoms with E-state index in [1.54, 1.807) is 32.2 Å². The zero-order valence-corrected chi connectivity index (χ0v) is 27.3. The van der Waals surface area contributed by atoms with Crippen molar-refractivity contribution in [3.8, 4) is 28.6 Å². The van der Waals surface area contributed by atoms with Gasteiger partial charge in [0.25, 0.3) is 5.56 Å². The Morgan fingerprint density at radius 2 is 1.79 bits per heavy atom. The fourth-order valence-electron chi connectivity index (χ4n) is 4.41. The van der Waals surface area contributed by atoms with E-state index in [9.17, 15) is 9.59 Å². The number of carbonyl (C=O) groups is 1. The van der Waals surface area contributed by atoms with Crippen LogP contribution >= 0.6 is 31.9 Å². The first kappa shape index (κ1) is 31.2. The largest absolute Gasteiger partial charge is 0.496 e. The first-order chi connectivity index (χ1) is 20.1. The lowest BCUT2D eigenvalue weighted by Gasteiger charge is -2.17. The van der Waals surface area contributed by atoms with Crippen molar-refractivity contribution < 1.29 is 23.7 Å². The molecule has 4 aromatic rings. The standard InChI is InChI=1S/C31H31Br2N3O6/c1-7-41-26(37)16-42-29-25(40-6)13-19(27(32)28(29)33)15-34-36-30(35-23-11-9-8-10-20(23)31(36)38)22-14-21(17(2)3)24(39-5)12-18(22)4/h8-15,17H,7,16H2,1-6H3. The molecule has 42 heavy (non-hydrogen) atoms. The fourth-order valence-corrected chi connectivity index (χ4v) is 5.35. The third-order valence-electron chi connectivity index (χ3n) is 6.52. The number of hydrogen-bond acceptors (Lipinski definition) is 8. The molecule has 0 amide bonds. The van der Waals surface area contributed by atoms with Crippen LogP contribution in [0.1, 0.15) is 43.4 Å². The van der Waals surface area contributed by atoms with Crippen LogP contribution < -0.4 is 19.8 Å². The van der Waals surface area contributed by atoms with Gasteiger partial charge in [0.2, 0.25) is 0 Å². The maximum Gasteiger partial charge on any atom is 0.344 e. The van der Waals surface area contributed by atoms with Crippen molar-refractivity contribution in [2.45, 2.75) is 33.6 Å². The summed E-state index contributed by atoms with van der Waals surface area (Å²) in [5.41, 5.74) is 3.48. The quantitative estimate of drug-likeness (QED) is 0.132. The number of hydrogen-bond donors (Lipinski definition) is 0. The average Bonchev–Trinajstić information content (AvgIpc) is 2.97. The normalized spacial score (nSPS) is 11.4. The zero-order chi connectivity index (χ0) is 30.6. The van der Waals surface area contributed by atoms with Gasteiger partial charge in [0.05, 0.1) is 42.4 Å². The van der Waals surface area contributed by atoms with Gasteiger partial charge in [-0.1, -0.05) is 26.0 Å². The van der Waals surface area contributed by atoms with E-state index in [-0.39, 0.29) is 24.7 Å². The lowest BCUT2D eigenvalue weighted by molar-refractivity contribution is -0.145. The molecule has 0 radical (unpaired) electrons. The van der Waals surface area contributed by atoms with Gasteiger partial charge in [-0.05, 0) is 93.1 Å². The van der Waals surface area contributed by atoms with E-state index >= 15 is 0 Å². The highest BCUT2D eigenvalue weighted by Gasteiger charge is 2.20. The van der Waals surface area contributed by atoms with E-state index in [4.69, 9.17) is 23.9 Å². The van der Waals surface area contributed by atoms with Crippen LogP contribution in [0.2, 0.25) is 0 Å². The highest BCUT2D eigenvalue weighted by atomic mass is 79.9. The van der Waals surface area contributed by atoms with E-state index in [0.29, 0.717) is 42.7 Å². The van der Waals surface area contributed by atoms with Crippen molar-refractivity contribution in [1.29, 1.82) is 0 Å². The molecule has 0 atom stereocenters. The summed E-state index contributed by atoms with van der Waals surface area (Å²) >= 11 is 7.10. The maximum absolute atomic E-state index is 13.8. The van der Waals surface area contributed by atoms with Gasteiger partial charge in [0, 0.05) is 15.6 Å². The van der Waals surface area contributed by atoms with Crippen LogP contribution in [-0.4, -0.2) is 49.3 Å². The molecule has 0 fully saturated rings. The highest BCUT2D eigenvalue weighted by Crippen LogP contribution is 2.42. The van der Waals surface area contributed by atoms with Crippen molar-refractivity contribution in [2.24, 2.45) is 5.10 Å². The second kappa shape index (κ2) is 13.5. The Bertz CT molecular complexity index is 1730. The van der Waals surface area contributed by atoms with Gasteiger partial charge < -0.3 is 18.9 Å². The van der Waals surface area contributed by atoms with Crippen LogP contribution in [0, 0.1) is 6.92 Å². The van der Waals surface area contributed by atoms with E-state index in [1.807, 2.05) is 31.2 Å². The number of halogens is 2. The number of ether oxygens (including phenoxy) is 4. The Hall–Kier alpha value is -3.70. The molecule has 0 saturated carbocycles. The predicted molar refractivity (Wildman–Crippen MR) is 170 cm³/mol. The molecule has 0 aliphatic heterocycles. The van der Waals surface area contributed by atoms with Gasteiger partial charge in [0.15, 0.2) is 23.9 Å². The molecular weight excluding hydrogens is 670 g/mol. The summed E-state index contributed by atoms with van der Waals surface area (Å²) in [7, 11) is 3.13. The summed E-state index contributed by atoms with van der Waals surface area (Å²) in [6.45, 7) is 7.80. The number of benzene rings is 3. The molecule has 220 valence electrons. The average molecular weight is 701 g/mol. The predicted octanol–water partition coefficient (Wildman–Crippen LogP) is 6.86. The zero-order valence-electron chi connectivity index (χ0n) is 24.2.